The molecule has 1 fully saturated rings. The zero-order valence-corrected chi connectivity index (χ0v) is 22.9. The van der Waals surface area contributed by atoms with Gasteiger partial charge in [-0.05, 0) is 84.4 Å². The number of aliphatic imine (C=N–C) groups is 1. The molecular weight excluding hydrogens is 522 g/mol. The Morgan fingerprint density at radius 1 is 0.925 bits per heavy atom. The molecule has 4 aromatic rings. The molecule has 7 nitrogen and oxygen atoms in total. The Bertz CT molecular complexity index is 1590. The first kappa shape index (κ1) is 26.8. The third kappa shape index (κ3) is 6.42. The van der Waals surface area contributed by atoms with E-state index in [0.29, 0.717) is 27.3 Å². The Morgan fingerprint density at radius 3 is 2.40 bits per heavy atom. The molecule has 0 radical (unpaired) electrons. The number of amidine groups is 1. The number of hydrogen-bond acceptors (Lipinski definition) is 6. The molecule has 1 aliphatic rings. The van der Waals surface area contributed by atoms with Gasteiger partial charge >= 0.3 is 0 Å². The Hall–Kier alpha value is -4.82. The summed E-state index contributed by atoms with van der Waals surface area (Å²) in [6.45, 7) is 1.78. The van der Waals surface area contributed by atoms with Crippen LogP contribution in [0.1, 0.15) is 11.1 Å². The lowest BCUT2D eigenvalue weighted by molar-refractivity contribution is -0.118. The van der Waals surface area contributed by atoms with Gasteiger partial charge in [-0.2, -0.15) is 0 Å². The highest BCUT2D eigenvalue weighted by atomic mass is 32.2. The predicted molar refractivity (Wildman–Crippen MR) is 161 cm³/mol. The monoisotopic (exact) mass is 549 g/mol. The first-order valence-corrected chi connectivity index (χ1v) is 13.4. The number of methoxy groups -OCH3 is 1. The standard InChI is InChI=1S/C32H27N3O4S/c1-22-10-9-13-25(18-22)33-30(36)21-39-27-17-16-23(19-28(27)38-2)20-29-31(37)35(26-14-7-4-8-15-26)32(40-29)34-24-11-5-3-6-12-24/h3-20H,21H2,1-2H3,(H,33,36)/b29-20-,34-32?. The summed E-state index contributed by atoms with van der Waals surface area (Å²) in [5.41, 5.74) is 4.01. The Balaban J connectivity index is 1.35. The molecule has 2 amide bonds. The minimum atomic E-state index is -0.280. The normalized spacial score (nSPS) is 14.9. The van der Waals surface area contributed by atoms with Gasteiger partial charge in [-0.25, -0.2) is 4.99 Å². The molecule has 0 unspecified atom stereocenters. The molecule has 200 valence electrons. The van der Waals surface area contributed by atoms with Gasteiger partial charge in [0.2, 0.25) is 0 Å². The van der Waals surface area contributed by atoms with Crippen LogP contribution in [-0.2, 0) is 9.59 Å². The maximum absolute atomic E-state index is 13.5. The second kappa shape index (κ2) is 12.4. The van der Waals surface area contributed by atoms with E-state index < -0.39 is 0 Å². The highest BCUT2D eigenvalue weighted by Crippen LogP contribution is 2.38. The number of aryl methyl sites for hydroxylation is 1. The molecule has 0 atom stereocenters. The van der Waals surface area contributed by atoms with Gasteiger partial charge < -0.3 is 14.8 Å². The molecule has 1 heterocycles. The highest BCUT2D eigenvalue weighted by Gasteiger charge is 2.34. The molecule has 0 aliphatic carbocycles. The third-order valence-corrected chi connectivity index (χ3v) is 6.92. The van der Waals surface area contributed by atoms with Crippen molar-refractivity contribution in [1.29, 1.82) is 0 Å². The molecule has 1 saturated heterocycles. The van der Waals surface area contributed by atoms with Crippen LogP contribution in [0.4, 0.5) is 17.1 Å². The maximum atomic E-state index is 13.5. The zero-order valence-electron chi connectivity index (χ0n) is 22.0. The van der Waals surface area contributed by atoms with Gasteiger partial charge in [-0.3, -0.25) is 14.5 Å². The first-order chi connectivity index (χ1) is 19.5. The number of anilines is 2. The summed E-state index contributed by atoms with van der Waals surface area (Å²) in [5, 5.41) is 3.39. The van der Waals surface area contributed by atoms with E-state index >= 15 is 0 Å². The van der Waals surface area contributed by atoms with Crippen LogP contribution in [0, 0.1) is 6.92 Å². The summed E-state index contributed by atoms with van der Waals surface area (Å²) < 4.78 is 11.3. The number of thioether (sulfide) groups is 1. The van der Waals surface area contributed by atoms with Gasteiger partial charge in [0.25, 0.3) is 11.8 Å². The van der Waals surface area contributed by atoms with Crippen molar-refractivity contribution >= 4 is 51.9 Å². The van der Waals surface area contributed by atoms with E-state index in [-0.39, 0.29) is 18.4 Å². The number of amides is 2. The quantitative estimate of drug-likeness (QED) is 0.244. The topological polar surface area (TPSA) is 80.2 Å². The number of carbonyl (C=O) groups is 2. The largest absolute Gasteiger partial charge is 0.493 e. The second-order valence-corrected chi connectivity index (χ2v) is 9.94. The SMILES string of the molecule is COc1cc(/C=C2\SC(=Nc3ccccc3)N(c3ccccc3)C2=O)ccc1OCC(=O)Nc1cccc(C)c1. The van der Waals surface area contributed by atoms with Gasteiger partial charge in [0, 0.05) is 5.69 Å². The van der Waals surface area contributed by atoms with Gasteiger partial charge in [-0.1, -0.05) is 54.6 Å². The molecule has 40 heavy (non-hydrogen) atoms. The molecule has 4 aromatic carbocycles. The number of hydrogen-bond donors (Lipinski definition) is 1. The van der Waals surface area contributed by atoms with Crippen molar-refractivity contribution in [1.82, 2.24) is 0 Å². The van der Waals surface area contributed by atoms with Crippen molar-refractivity contribution in [3.8, 4) is 11.5 Å². The molecule has 8 heteroatoms. The second-order valence-electron chi connectivity index (χ2n) is 8.93. The van der Waals surface area contributed by atoms with Gasteiger partial charge in [-0.15, -0.1) is 0 Å². The fraction of sp³-hybridized carbons (Fsp3) is 0.0938. The van der Waals surface area contributed by atoms with Crippen LogP contribution >= 0.6 is 11.8 Å². The number of ether oxygens (including phenoxy) is 2. The Labute approximate surface area is 237 Å². The summed E-state index contributed by atoms with van der Waals surface area (Å²) in [6.07, 6.45) is 1.80. The Morgan fingerprint density at radius 2 is 1.68 bits per heavy atom. The Kier molecular flexibility index (Phi) is 8.27. The number of benzene rings is 4. The number of rotatable bonds is 8. The molecular formula is C32H27N3O4S. The molecule has 1 aliphatic heterocycles. The number of nitrogens with one attached hydrogen (secondary N) is 1. The van der Waals surface area contributed by atoms with Crippen molar-refractivity contribution in [2.24, 2.45) is 4.99 Å². The number of nitrogens with zero attached hydrogens (tertiary/aromatic N) is 2. The highest BCUT2D eigenvalue weighted by molar-refractivity contribution is 8.19. The molecule has 0 spiro atoms. The van der Waals surface area contributed by atoms with E-state index in [4.69, 9.17) is 14.5 Å². The van der Waals surface area contributed by atoms with Gasteiger partial charge in [0.15, 0.2) is 23.3 Å². The van der Waals surface area contributed by atoms with Crippen molar-refractivity contribution in [2.45, 2.75) is 6.92 Å². The van der Waals surface area contributed by atoms with Crippen molar-refractivity contribution in [3.05, 3.63) is 119 Å². The fourth-order valence-electron chi connectivity index (χ4n) is 4.07. The van der Waals surface area contributed by atoms with E-state index in [1.54, 1.807) is 23.1 Å². The van der Waals surface area contributed by atoms with Crippen molar-refractivity contribution in [2.75, 3.05) is 23.9 Å². The van der Waals surface area contributed by atoms with Crippen LogP contribution in [0.15, 0.2) is 113 Å². The molecule has 5 rings (SSSR count). The van der Waals surface area contributed by atoms with Crippen molar-refractivity contribution in [3.63, 3.8) is 0 Å². The minimum absolute atomic E-state index is 0.169. The van der Waals surface area contributed by atoms with Gasteiger partial charge in [0.05, 0.1) is 23.4 Å². The lowest BCUT2D eigenvalue weighted by atomic mass is 10.1. The maximum Gasteiger partial charge on any atom is 0.271 e. The van der Waals surface area contributed by atoms with E-state index in [9.17, 15) is 9.59 Å². The third-order valence-electron chi connectivity index (χ3n) is 5.95. The average Bonchev–Trinajstić information content (AvgIpc) is 3.27. The zero-order chi connectivity index (χ0) is 27.9. The lowest BCUT2D eigenvalue weighted by Crippen LogP contribution is -2.28. The summed E-state index contributed by atoms with van der Waals surface area (Å²) in [7, 11) is 1.53. The summed E-state index contributed by atoms with van der Waals surface area (Å²) in [5.74, 6) is 0.425. The molecule has 0 saturated carbocycles. The van der Waals surface area contributed by atoms with Crippen LogP contribution in [0.2, 0.25) is 0 Å². The molecule has 0 bridgehead atoms. The van der Waals surface area contributed by atoms with Gasteiger partial charge in [0.1, 0.15) is 0 Å². The number of para-hydroxylation sites is 2. The lowest BCUT2D eigenvalue weighted by Gasteiger charge is -2.15. The fourth-order valence-corrected chi connectivity index (χ4v) is 5.08. The smallest absolute Gasteiger partial charge is 0.271 e. The average molecular weight is 550 g/mol. The summed E-state index contributed by atoms with van der Waals surface area (Å²) >= 11 is 1.31. The van der Waals surface area contributed by atoms with E-state index in [0.717, 1.165) is 22.5 Å². The first-order valence-electron chi connectivity index (χ1n) is 12.6. The van der Waals surface area contributed by atoms with E-state index in [1.165, 1.54) is 18.9 Å². The summed E-state index contributed by atoms with van der Waals surface area (Å²) in [4.78, 5) is 32.8. The van der Waals surface area contributed by atoms with E-state index in [1.807, 2.05) is 97.9 Å². The number of carbonyl (C=O) groups excluding carboxylic acids is 2. The predicted octanol–water partition coefficient (Wildman–Crippen LogP) is 6.83. The minimum Gasteiger partial charge on any atom is -0.493 e. The van der Waals surface area contributed by atoms with Crippen LogP contribution in [-0.4, -0.2) is 30.7 Å². The molecule has 0 aromatic heterocycles. The van der Waals surface area contributed by atoms with Crippen LogP contribution in [0.3, 0.4) is 0 Å². The van der Waals surface area contributed by atoms with Crippen LogP contribution in [0.5, 0.6) is 11.5 Å². The van der Waals surface area contributed by atoms with Crippen LogP contribution < -0.4 is 19.7 Å². The van der Waals surface area contributed by atoms with Crippen molar-refractivity contribution < 1.29 is 19.1 Å². The van der Waals surface area contributed by atoms with E-state index in [2.05, 4.69) is 5.32 Å². The van der Waals surface area contributed by atoms with Crippen LogP contribution in [0.25, 0.3) is 6.08 Å². The summed E-state index contributed by atoms with van der Waals surface area (Å²) in [6, 6.07) is 31.8. The molecule has 1 N–H and O–H groups in total.